The Hall–Kier alpha value is -2.75. The predicted octanol–water partition coefficient (Wildman–Crippen LogP) is 3.13. The first kappa shape index (κ1) is 24.0. The number of aliphatic hydroxyl groups excluding tert-OH is 1. The molecule has 1 aliphatic carbocycles. The van der Waals surface area contributed by atoms with Gasteiger partial charge in [0.15, 0.2) is 0 Å². The molecule has 1 unspecified atom stereocenters. The first-order valence-corrected chi connectivity index (χ1v) is 12.9. The number of anilines is 2. The van der Waals surface area contributed by atoms with Gasteiger partial charge in [-0.25, -0.2) is 14.8 Å². The zero-order valence-electron chi connectivity index (χ0n) is 20.5. The van der Waals surface area contributed by atoms with Gasteiger partial charge < -0.3 is 25.4 Å². The normalized spacial score (nSPS) is 21.1. The maximum atomic E-state index is 11.9. The molecule has 1 saturated heterocycles. The number of hydrogen-bond donors (Lipinski definition) is 3. The highest BCUT2D eigenvalue weighted by Gasteiger charge is 2.32. The number of morpholine rings is 1. The fourth-order valence-corrected chi connectivity index (χ4v) is 5.42. The summed E-state index contributed by atoms with van der Waals surface area (Å²) in [7, 11) is 0. The van der Waals surface area contributed by atoms with Crippen LogP contribution in [0.4, 0.5) is 16.4 Å². The molecule has 0 bridgehead atoms. The molecule has 5 rings (SSSR count). The first-order chi connectivity index (χ1) is 17.1. The summed E-state index contributed by atoms with van der Waals surface area (Å²) in [5, 5.41) is 14.3. The third kappa shape index (κ3) is 5.42. The second kappa shape index (κ2) is 10.9. The number of fused-ring (bicyclic) bond motifs is 1. The molecular formula is C26H36N6O3. The fourth-order valence-electron chi connectivity index (χ4n) is 5.42. The Morgan fingerprint density at radius 1 is 1.14 bits per heavy atom. The standard InChI is InChI=1S/C26H36N6O3/c1-18-17-35-14-12-32(18)25-29-23-16-31(21-5-3-2-4-6-21)15-22(23)24(30-25)19-7-9-20(10-8-19)28-26(34)27-11-13-33/h7-10,18,21,33H,2-6,11-17H2,1H3,(H2,27,28,34). The molecule has 0 spiro atoms. The van der Waals surface area contributed by atoms with Crippen LogP contribution in [0.25, 0.3) is 11.3 Å². The summed E-state index contributed by atoms with van der Waals surface area (Å²) in [6.07, 6.45) is 6.51. The van der Waals surface area contributed by atoms with Crippen molar-refractivity contribution in [3.8, 4) is 11.3 Å². The van der Waals surface area contributed by atoms with Gasteiger partial charge in [-0.1, -0.05) is 31.4 Å². The van der Waals surface area contributed by atoms with Crippen molar-refractivity contribution >= 4 is 17.7 Å². The topological polar surface area (TPSA) is 103 Å². The van der Waals surface area contributed by atoms with Crippen LogP contribution in [0.15, 0.2) is 24.3 Å². The lowest BCUT2D eigenvalue weighted by Crippen LogP contribution is -2.44. The minimum Gasteiger partial charge on any atom is -0.395 e. The number of aromatic nitrogens is 2. The molecule has 2 amide bonds. The summed E-state index contributed by atoms with van der Waals surface area (Å²) < 4.78 is 5.65. The van der Waals surface area contributed by atoms with Crippen molar-refractivity contribution in [2.24, 2.45) is 0 Å². The number of ether oxygens (including phenoxy) is 1. The van der Waals surface area contributed by atoms with Gasteiger partial charge in [-0.05, 0) is 31.9 Å². The molecule has 1 saturated carbocycles. The molecule has 2 fully saturated rings. The molecule has 3 N–H and O–H groups in total. The lowest BCUT2D eigenvalue weighted by molar-refractivity contribution is 0.0980. The van der Waals surface area contributed by atoms with Crippen molar-refractivity contribution < 1.29 is 14.6 Å². The molecular weight excluding hydrogens is 444 g/mol. The maximum absolute atomic E-state index is 11.9. The third-order valence-electron chi connectivity index (χ3n) is 7.32. The fraction of sp³-hybridized carbons (Fsp3) is 0.577. The average molecular weight is 481 g/mol. The van der Waals surface area contributed by atoms with Gasteiger partial charge in [0.25, 0.3) is 0 Å². The van der Waals surface area contributed by atoms with Crippen LogP contribution < -0.4 is 15.5 Å². The monoisotopic (exact) mass is 480 g/mol. The van der Waals surface area contributed by atoms with Crippen LogP contribution in [0.5, 0.6) is 0 Å². The molecule has 3 heterocycles. The van der Waals surface area contributed by atoms with Gasteiger partial charge in [0.05, 0.1) is 37.3 Å². The van der Waals surface area contributed by atoms with Crippen LogP contribution in [-0.2, 0) is 17.8 Å². The number of rotatable bonds is 6. The Morgan fingerprint density at radius 2 is 1.94 bits per heavy atom. The van der Waals surface area contributed by atoms with Gasteiger partial charge in [-0.3, -0.25) is 4.90 Å². The van der Waals surface area contributed by atoms with Crippen LogP contribution in [0.3, 0.4) is 0 Å². The van der Waals surface area contributed by atoms with Crippen molar-refractivity contribution in [3.05, 3.63) is 35.5 Å². The van der Waals surface area contributed by atoms with Crippen LogP contribution in [-0.4, -0.2) is 71.0 Å². The minimum atomic E-state index is -0.332. The zero-order valence-corrected chi connectivity index (χ0v) is 20.5. The van der Waals surface area contributed by atoms with Gasteiger partial charge >= 0.3 is 6.03 Å². The van der Waals surface area contributed by atoms with E-state index in [1.807, 2.05) is 24.3 Å². The van der Waals surface area contributed by atoms with Gasteiger partial charge in [-0.2, -0.15) is 0 Å². The number of nitrogens with one attached hydrogen (secondary N) is 2. The highest BCUT2D eigenvalue weighted by Crippen LogP contribution is 2.36. The number of urea groups is 1. The SMILES string of the molecule is CC1COCCN1c1nc2c(c(-c3ccc(NC(=O)NCCO)cc3)n1)CN(C1CCCCC1)C2. The van der Waals surface area contributed by atoms with Gasteiger partial charge in [0.1, 0.15) is 0 Å². The van der Waals surface area contributed by atoms with Crippen LogP contribution in [0, 0.1) is 0 Å². The summed E-state index contributed by atoms with van der Waals surface area (Å²) in [5.41, 5.74) is 5.07. The van der Waals surface area contributed by atoms with Crippen LogP contribution >= 0.6 is 0 Å². The van der Waals surface area contributed by atoms with Crippen molar-refractivity contribution in [3.63, 3.8) is 0 Å². The van der Waals surface area contributed by atoms with E-state index in [2.05, 4.69) is 27.4 Å². The average Bonchev–Trinajstić information content (AvgIpc) is 3.33. The second-order valence-corrected chi connectivity index (χ2v) is 9.79. The van der Waals surface area contributed by atoms with E-state index in [4.69, 9.17) is 19.8 Å². The van der Waals surface area contributed by atoms with Gasteiger partial charge in [0, 0.05) is 49.0 Å². The summed E-state index contributed by atoms with van der Waals surface area (Å²) >= 11 is 0. The zero-order chi connectivity index (χ0) is 24.2. The Morgan fingerprint density at radius 3 is 2.69 bits per heavy atom. The van der Waals surface area contributed by atoms with Gasteiger partial charge in [-0.15, -0.1) is 0 Å². The smallest absolute Gasteiger partial charge is 0.319 e. The Labute approximate surface area is 206 Å². The molecule has 188 valence electrons. The maximum Gasteiger partial charge on any atom is 0.319 e. The molecule has 2 aromatic rings. The van der Waals surface area contributed by atoms with Crippen LogP contribution in [0.2, 0.25) is 0 Å². The Kier molecular flexibility index (Phi) is 7.46. The number of amides is 2. The van der Waals surface area contributed by atoms with Crippen molar-refractivity contribution in [2.45, 2.75) is 64.2 Å². The number of hydrogen-bond acceptors (Lipinski definition) is 7. The highest BCUT2D eigenvalue weighted by atomic mass is 16.5. The number of nitrogens with zero attached hydrogens (tertiary/aromatic N) is 4. The largest absolute Gasteiger partial charge is 0.395 e. The van der Waals surface area contributed by atoms with E-state index >= 15 is 0 Å². The van der Waals surface area contributed by atoms with E-state index < -0.39 is 0 Å². The lowest BCUT2D eigenvalue weighted by Gasteiger charge is -2.33. The molecule has 1 atom stereocenters. The van der Waals surface area contributed by atoms with E-state index in [0.29, 0.717) is 24.9 Å². The van der Waals surface area contributed by atoms with Crippen LogP contribution in [0.1, 0.15) is 50.3 Å². The van der Waals surface area contributed by atoms with E-state index in [1.165, 1.54) is 37.7 Å². The molecule has 35 heavy (non-hydrogen) atoms. The lowest BCUT2D eigenvalue weighted by atomic mass is 9.94. The summed E-state index contributed by atoms with van der Waals surface area (Å²) in [6, 6.07) is 8.34. The number of carbonyl (C=O) groups is 1. The number of aliphatic hydroxyl groups is 1. The summed E-state index contributed by atoms with van der Waals surface area (Å²) in [5.74, 6) is 0.783. The van der Waals surface area contributed by atoms with Gasteiger partial charge in [0.2, 0.25) is 5.95 Å². The first-order valence-electron chi connectivity index (χ1n) is 12.9. The summed E-state index contributed by atoms with van der Waals surface area (Å²) in [6.45, 7) is 6.22. The Bertz CT molecular complexity index is 1020. The molecule has 2 aliphatic heterocycles. The van der Waals surface area contributed by atoms with Crippen molar-refractivity contribution in [1.82, 2.24) is 20.2 Å². The quantitative estimate of drug-likeness (QED) is 0.584. The highest BCUT2D eigenvalue weighted by molar-refractivity contribution is 5.89. The van der Waals surface area contributed by atoms with E-state index in [1.54, 1.807) is 0 Å². The molecule has 9 nitrogen and oxygen atoms in total. The second-order valence-electron chi connectivity index (χ2n) is 9.79. The van der Waals surface area contributed by atoms with E-state index in [9.17, 15) is 4.79 Å². The molecule has 1 aromatic carbocycles. The van der Waals surface area contributed by atoms with Crippen molar-refractivity contribution in [2.75, 3.05) is 43.1 Å². The molecule has 1 aromatic heterocycles. The van der Waals surface area contributed by atoms with E-state index in [-0.39, 0.29) is 25.2 Å². The third-order valence-corrected chi connectivity index (χ3v) is 7.32. The molecule has 0 radical (unpaired) electrons. The molecule has 9 heteroatoms. The minimum absolute atomic E-state index is 0.0901. The van der Waals surface area contributed by atoms with E-state index in [0.717, 1.165) is 42.5 Å². The number of benzene rings is 1. The summed E-state index contributed by atoms with van der Waals surface area (Å²) in [4.78, 5) is 27.0. The van der Waals surface area contributed by atoms with Crippen molar-refractivity contribution in [1.29, 1.82) is 0 Å². The Balaban J connectivity index is 1.43. The molecule has 3 aliphatic rings. The predicted molar refractivity (Wildman–Crippen MR) is 135 cm³/mol. The number of carbonyl (C=O) groups excluding carboxylic acids is 1.